The molecule has 0 radical (unpaired) electrons. The second-order valence-corrected chi connectivity index (χ2v) is 5.96. The maximum Gasteiger partial charge on any atom is 0.341 e. The summed E-state index contributed by atoms with van der Waals surface area (Å²) in [4.78, 5) is 24.2. The van der Waals surface area contributed by atoms with Gasteiger partial charge in [0.1, 0.15) is 17.1 Å². The van der Waals surface area contributed by atoms with Crippen molar-refractivity contribution in [2.75, 3.05) is 25.6 Å². The molecule has 1 N–H and O–H groups in total. The molecule has 0 fully saturated rings. The highest BCUT2D eigenvalue weighted by Crippen LogP contribution is 2.31. The lowest BCUT2D eigenvalue weighted by Gasteiger charge is -2.14. The van der Waals surface area contributed by atoms with Gasteiger partial charge in [-0.25, -0.2) is 4.79 Å². The van der Waals surface area contributed by atoms with Gasteiger partial charge in [-0.3, -0.25) is 4.79 Å². The first-order chi connectivity index (χ1) is 13.0. The Bertz CT molecular complexity index is 822. The Balaban J connectivity index is 2.10. The summed E-state index contributed by atoms with van der Waals surface area (Å²) in [6, 6.07) is 10.4. The largest absolute Gasteiger partial charge is 0.496 e. The first kappa shape index (κ1) is 20.6. The molecule has 0 aliphatic rings. The number of rotatable bonds is 8. The normalized spacial score (nSPS) is 10.2. The average molecular weight is 392 g/mol. The summed E-state index contributed by atoms with van der Waals surface area (Å²) in [7, 11) is 1.42. The minimum absolute atomic E-state index is 0.171. The lowest BCUT2D eigenvalue weighted by Crippen LogP contribution is -2.21. The van der Waals surface area contributed by atoms with Crippen LogP contribution in [0.1, 0.15) is 29.8 Å². The summed E-state index contributed by atoms with van der Waals surface area (Å²) in [6.45, 7) is 3.78. The van der Waals surface area contributed by atoms with Crippen molar-refractivity contribution in [2.45, 2.75) is 20.3 Å². The molecule has 2 aromatic carbocycles. The van der Waals surface area contributed by atoms with Crippen molar-refractivity contribution >= 4 is 29.2 Å². The minimum atomic E-state index is -0.548. The van der Waals surface area contributed by atoms with Gasteiger partial charge in [-0.1, -0.05) is 36.7 Å². The van der Waals surface area contributed by atoms with E-state index in [1.54, 1.807) is 6.92 Å². The van der Waals surface area contributed by atoms with E-state index in [0.717, 1.165) is 12.0 Å². The number of methoxy groups -OCH3 is 1. The van der Waals surface area contributed by atoms with Crippen LogP contribution in [0.5, 0.6) is 11.5 Å². The summed E-state index contributed by atoms with van der Waals surface area (Å²) in [5.41, 5.74) is 1.53. The first-order valence-corrected chi connectivity index (χ1v) is 8.93. The Morgan fingerprint density at radius 2 is 1.85 bits per heavy atom. The average Bonchev–Trinajstić information content (AvgIpc) is 2.68. The molecule has 0 spiro atoms. The van der Waals surface area contributed by atoms with E-state index in [9.17, 15) is 9.59 Å². The van der Waals surface area contributed by atoms with Crippen LogP contribution in [-0.4, -0.2) is 32.2 Å². The molecule has 0 saturated carbocycles. The molecule has 144 valence electrons. The van der Waals surface area contributed by atoms with Crippen molar-refractivity contribution < 1.29 is 23.8 Å². The van der Waals surface area contributed by atoms with E-state index in [-0.39, 0.29) is 35.5 Å². The number of carbonyl (C=O) groups excluding carboxylic acids is 2. The van der Waals surface area contributed by atoms with Gasteiger partial charge in [0, 0.05) is 6.07 Å². The molecule has 2 rings (SSSR count). The molecular formula is C20H22ClNO5. The van der Waals surface area contributed by atoms with Gasteiger partial charge < -0.3 is 19.5 Å². The number of halogens is 1. The maximum absolute atomic E-state index is 12.2. The third kappa shape index (κ3) is 5.37. The third-order valence-electron chi connectivity index (χ3n) is 3.77. The van der Waals surface area contributed by atoms with Crippen LogP contribution in [0.15, 0.2) is 36.4 Å². The summed E-state index contributed by atoms with van der Waals surface area (Å²) in [6.07, 6.45) is 0.802. The Hall–Kier alpha value is -2.73. The molecule has 0 heterocycles. The monoisotopic (exact) mass is 391 g/mol. The van der Waals surface area contributed by atoms with Crippen molar-refractivity contribution in [3.63, 3.8) is 0 Å². The quantitative estimate of drug-likeness (QED) is 0.685. The molecule has 2 aromatic rings. The van der Waals surface area contributed by atoms with E-state index in [1.807, 2.05) is 31.2 Å². The zero-order valence-corrected chi connectivity index (χ0v) is 16.3. The molecule has 0 atom stereocenters. The van der Waals surface area contributed by atoms with E-state index in [0.29, 0.717) is 11.4 Å². The molecule has 7 heteroatoms. The number of hydrogen-bond acceptors (Lipinski definition) is 5. The Morgan fingerprint density at radius 1 is 1.11 bits per heavy atom. The topological polar surface area (TPSA) is 73.9 Å². The van der Waals surface area contributed by atoms with Gasteiger partial charge in [0.05, 0.1) is 24.4 Å². The summed E-state index contributed by atoms with van der Waals surface area (Å²) in [5, 5.41) is 2.86. The number of anilines is 1. The van der Waals surface area contributed by atoms with Crippen LogP contribution in [0, 0.1) is 0 Å². The van der Waals surface area contributed by atoms with Crippen LogP contribution < -0.4 is 14.8 Å². The van der Waals surface area contributed by atoms with E-state index in [1.165, 1.54) is 19.2 Å². The van der Waals surface area contributed by atoms with Gasteiger partial charge in [-0.2, -0.15) is 0 Å². The van der Waals surface area contributed by atoms with Gasteiger partial charge in [-0.05, 0) is 31.0 Å². The van der Waals surface area contributed by atoms with Crippen molar-refractivity contribution in [3.8, 4) is 11.5 Å². The number of aryl methyl sites for hydroxylation is 1. The smallest absolute Gasteiger partial charge is 0.341 e. The number of nitrogens with one attached hydrogen (secondary N) is 1. The molecule has 0 aliphatic heterocycles. The highest BCUT2D eigenvalue weighted by molar-refractivity contribution is 6.34. The van der Waals surface area contributed by atoms with Gasteiger partial charge in [-0.15, -0.1) is 0 Å². The number of hydrogen-bond donors (Lipinski definition) is 1. The molecule has 0 bridgehead atoms. The van der Waals surface area contributed by atoms with Crippen LogP contribution >= 0.6 is 11.6 Å². The Morgan fingerprint density at radius 3 is 2.52 bits per heavy atom. The Labute approximate surface area is 163 Å². The predicted molar refractivity (Wildman–Crippen MR) is 104 cm³/mol. The molecule has 27 heavy (non-hydrogen) atoms. The van der Waals surface area contributed by atoms with E-state index >= 15 is 0 Å². The van der Waals surface area contributed by atoms with Crippen molar-refractivity contribution in [1.82, 2.24) is 0 Å². The molecule has 0 unspecified atom stereocenters. The lowest BCUT2D eigenvalue weighted by molar-refractivity contribution is -0.118. The van der Waals surface area contributed by atoms with Gasteiger partial charge >= 0.3 is 5.97 Å². The summed E-state index contributed by atoms with van der Waals surface area (Å²) in [5.74, 6) is -0.00994. The van der Waals surface area contributed by atoms with Gasteiger partial charge in [0.15, 0.2) is 6.61 Å². The number of para-hydroxylation sites is 1. The highest BCUT2D eigenvalue weighted by Gasteiger charge is 2.18. The zero-order valence-electron chi connectivity index (χ0n) is 15.5. The highest BCUT2D eigenvalue weighted by atomic mass is 35.5. The van der Waals surface area contributed by atoms with Crippen LogP contribution in [0.2, 0.25) is 5.02 Å². The number of amides is 1. The zero-order chi connectivity index (χ0) is 19.8. The second kappa shape index (κ2) is 9.83. The fourth-order valence-electron chi connectivity index (χ4n) is 2.45. The fourth-order valence-corrected chi connectivity index (χ4v) is 2.66. The van der Waals surface area contributed by atoms with Gasteiger partial charge in [0.25, 0.3) is 5.91 Å². The fraction of sp³-hybridized carbons (Fsp3) is 0.300. The van der Waals surface area contributed by atoms with Gasteiger partial charge in [0.2, 0.25) is 0 Å². The molecule has 0 aliphatic carbocycles. The number of benzene rings is 2. The summed E-state index contributed by atoms with van der Waals surface area (Å²) < 4.78 is 15.8. The minimum Gasteiger partial charge on any atom is -0.496 e. The first-order valence-electron chi connectivity index (χ1n) is 8.55. The van der Waals surface area contributed by atoms with Crippen LogP contribution in [-0.2, 0) is 16.0 Å². The maximum atomic E-state index is 12.2. The second-order valence-electron chi connectivity index (χ2n) is 5.55. The molecular weight excluding hydrogens is 370 g/mol. The summed E-state index contributed by atoms with van der Waals surface area (Å²) >= 11 is 6.19. The van der Waals surface area contributed by atoms with Crippen molar-refractivity contribution in [3.05, 3.63) is 52.5 Å². The number of carbonyl (C=O) groups is 2. The van der Waals surface area contributed by atoms with E-state index in [2.05, 4.69) is 5.32 Å². The van der Waals surface area contributed by atoms with E-state index < -0.39 is 5.97 Å². The molecule has 6 nitrogen and oxygen atoms in total. The predicted octanol–water partition coefficient (Wildman–Crippen LogP) is 4.11. The van der Waals surface area contributed by atoms with Crippen LogP contribution in [0.25, 0.3) is 0 Å². The molecule has 1 amide bonds. The molecule has 0 aromatic heterocycles. The van der Waals surface area contributed by atoms with Crippen LogP contribution in [0.4, 0.5) is 5.69 Å². The number of esters is 1. The van der Waals surface area contributed by atoms with Crippen molar-refractivity contribution in [2.24, 2.45) is 0 Å². The third-order valence-corrected chi connectivity index (χ3v) is 4.08. The van der Waals surface area contributed by atoms with Crippen LogP contribution in [0.3, 0.4) is 0 Å². The number of ether oxygens (including phenoxy) is 3. The molecule has 0 saturated heterocycles. The van der Waals surface area contributed by atoms with E-state index in [4.69, 9.17) is 25.8 Å². The SMILES string of the molecule is CCOC(=O)c1cc(Cl)c(NC(=O)COc2ccccc2CC)cc1OC. The standard InChI is InChI=1S/C20H22ClNO5/c1-4-13-8-6-7-9-17(13)27-12-19(23)22-16-11-18(25-3)14(10-15(16)21)20(24)26-5-2/h6-11H,4-5,12H2,1-3H3,(H,22,23). The van der Waals surface area contributed by atoms with Crippen molar-refractivity contribution in [1.29, 1.82) is 0 Å². The lowest BCUT2D eigenvalue weighted by atomic mass is 10.1. The Kier molecular flexibility index (Phi) is 7.49.